The van der Waals surface area contributed by atoms with E-state index in [1.165, 1.54) is 12.1 Å². The van der Waals surface area contributed by atoms with Gasteiger partial charge in [-0.2, -0.15) is 0 Å². The van der Waals surface area contributed by atoms with Crippen molar-refractivity contribution in [2.45, 2.75) is 33.3 Å². The number of hydrogen-bond acceptors (Lipinski definition) is 3. The van der Waals surface area contributed by atoms with E-state index in [4.69, 9.17) is 27.9 Å². The summed E-state index contributed by atoms with van der Waals surface area (Å²) >= 11 is 12.4. The highest BCUT2D eigenvalue weighted by atomic mass is 35.5. The number of rotatable bonds is 4. The lowest BCUT2D eigenvalue weighted by Crippen LogP contribution is -2.23. The van der Waals surface area contributed by atoms with Crippen molar-refractivity contribution >= 4 is 41.1 Å². The van der Waals surface area contributed by atoms with Crippen molar-refractivity contribution in [1.82, 2.24) is 0 Å². The molecule has 25 heavy (non-hydrogen) atoms. The molecule has 0 aliphatic carbocycles. The zero-order chi connectivity index (χ0) is 18.8. The van der Waals surface area contributed by atoms with Gasteiger partial charge in [0.1, 0.15) is 11.9 Å². The number of carbonyl (C=O) groups is 2. The second-order valence-corrected chi connectivity index (χ2v) is 7.44. The highest BCUT2D eigenvalue weighted by Crippen LogP contribution is 2.36. The second-order valence-electron chi connectivity index (χ2n) is 6.63. The number of benzene rings is 2. The molecular weight excluding hydrogens is 361 g/mol. The van der Waals surface area contributed by atoms with Gasteiger partial charge in [0.15, 0.2) is 5.75 Å². The molecule has 0 aliphatic rings. The molecular formula is C19H19Cl2NO3. The molecule has 0 saturated heterocycles. The maximum absolute atomic E-state index is 12.4. The van der Waals surface area contributed by atoms with E-state index in [1.807, 2.05) is 20.8 Å². The molecule has 2 aromatic rings. The Hall–Kier alpha value is -2.04. The Labute approximate surface area is 157 Å². The molecule has 1 N–H and O–H groups in total. The lowest BCUT2D eigenvalue weighted by atomic mass is 10.1. The van der Waals surface area contributed by atoms with Gasteiger partial charge in [-0.25, -0.2) is 0 Å². The number of aryl methyl sites for hydroxylation is 1. The van der Waals surface area contributed by atoms with Crippen molar-refractivity contribution in [1.29, 1.82) is 0 Å². The van der Waals surface area contributed by atoms with E-state index < -0.39 is 5.60 Å². The van der Waals surface area contributed by atoms with E-state index in [1.54, 1.807) is 25.1 Å². The fraction of sp³-hybridized carbons (Fsp3) is 0.263. The van der Waals surface area contributed by atoms with Gasteiger partial charge in [-0.1, -0.05) is 23.2 Å². The minimum absolute atomic E-state index is 0.264. The average molecular weight is 380 g/mol. The van der Waals surface area contributed by atoms with Crippen LogP contribution in [0.4, 0.5) is 5.69 Å². The molecule has 0 spiro atoms. The van der Waals surface area contributed by atoms with Crippen LogP contribution in [0.1, 0.15) is 47.1 Å². The van der Waals surface area contributed by atoms with Crippen LogP contribution in [-0.2, 0) is 0 Å². The Kier molecular flexibility index (Phi) is 5.76. The molecule has 2 aromatic carbocycles. The molecule has 0 aliphatic heterocycles. The smallest absolute Gasteiger partial charge is 0.255 e. The normalized spacial score (nSPS) is 11.1. The maximum Gasteiger partial charge on any atom is 0.255 e. The first kappa shape index (κ1) is 19.3. The van der Waals surface area contributed by atoms with Gasteiger partial charge in [-0.3, -0.25) is 9.59 Å². The van der Waals surface area contributed by atoms with Crippen LogP contribution in [0.2, 0.25) is 10.0 Å². The number of anilines is 1. The summed E-state index contributed by atoms with van der Waals surface area (Å²) in [6.07, 6.45) is 0.772. The fourth-order valence-corrected chi connectivity index (χ4v) is 2.75. The topological polar surface area (TPSA) is 55.4 Å². The van der Waals surface area contributed by atoms with Crippen molar-refractivity contribution in [3.8, 4) is 5.75 Å². The molecule has 0 radical (unpaired) electrons. The molecule has 0 heterocycles. The van der Waals surface area contributed by atoms with Crippen LogP contribution in [0.5, 0.6) is 5.75 Å². The van der Waals surface area contributed by atoms with E-state index in [9.17, 15) is 9.59 Å². The Balaban J connectivity index is 2.25. The average Bonchev–Trinajstić information content (AvgIpc) is 2.50. The highest BCUT2D eigenvalue weighted by molar-refractivity contribution is 6.37. The summed E-state index contributed by atoms with van der Waals surface area (Å²) in [6.45, 7) is 7.44. The Bertz CT molecular complexity index is 803. The van der Waals surface area contributed by atoms with Crippen molar-refractivity contribution in [3.63, 3.8) is 0 Å². The number of aldehydes is 1. The van der Waals surface area contributed by atoms with Gasteiger partial charge in [-0.05, 0) is 63.6 Å². The summed E-state index contributed by atoms with van der Waals surface area (Å²) < 4.78 is 5.73. The summed E-state index contributed by atoms with van der Waals surface area (Å²) in [7, 11) is 0. The minimum atomic E-state index is -0.463. The molecule has 0 saturated carbocycles. The van der Waals surface area contributed by atoms with E-state index in [0.717, 1.165) is 11.8 Å². The largest absolute Gasteiger partial charge is 0.485 e. The molecule has 6 heteroatoms. The van der Waals surface area contributed by atoms with Gasteiger partial charge in [0.05, 0.1) is 10.0 Å². The Morgan fingerprint density at radius 3 is 2.20 bits per heavy atom. The first-order valence-corrected chi connectivity index (χ1v) is 8.41. The van der Waals surface area contributed by atoms with Crippen LogP contribution in [0.25, 0.3) is 0 Å². The summed E-state index contributed by atoms with van der Waals surface area (Å²) in [5.74, 6) is -0.0112. The van der Waals surface area contributed by atoms with Crippen LogP contribution in [0.15, 0.2) is 30.3 Å². The summed E-state index contributed by atoms with van der Waals surface area (Å²) in [5.41, 5.74) is 1.78. The fourth-order valence-electron chi connectivity index (χ4n) is 2.18. The maximum atomic E-state index is 12.4. The van der Waals surface area contributed by atoms with Gasteiger partial charge >= 0.3 is 0 Å². The minimum Gasteiger partial charge on any atom is -0.485 e. The Morgan fingerprint density at radius 2 is 1.72 bits per heavy atom. The van der Waals surface area contributed by atoms with Crippen LogP contribution in [0.3, 0.4) is 0 Å². The third-order valence-electron chi connectivity index (χ3n) is 3.32. The number of hydrogen-bond donors (Lipinski definition) is 1. The van der Waals surface area contributed by atoms with Gasteiger partial charge in [0, 0.05) is 16.8 Å². The van der Waals surface area contributed by atoms with Crippen molar-refractivity contribution in [3.05, 3.63) is 57.1 Å². The summed E-state index contributed by atoms with van der Waals surface area (Å²) in [6, 6.07) is 8.06. The van der Waals surface area contributed by atoms with E-state index in [0.29, 0.717) is 22.6 Å². The van der Waals surface area contributed by atoms with Gasteiger partial charge in [0.25, 0.3) is 5.91 Å². The van der Waals surface area contributed by atoms with Crippen LogP contribution in [0, 0.1) is 6.92 Å². The molecule has 0 bridgehead atoms. The van der Waals surface area contributed by atoms with E-state index >= 15 is 0 Å². The lowest BCUT2D eigenvalue weighted by Gasteiger charge is -2.23. The molecule has 132 valence electrons. The molecule has 4 nitrogen and oxygen atoms in total. The van der Waals surface area contributed by atoms with Crippen LogP contribution in [-0.4, -0.2) is 17.8 Å². The standard InChI is InChI=1S/C19H19Cl2NO3/c1-11-7-14(6-5-12(11)10-23)22-18(24)13-8-15(20)17(16(21)9-13)25-19(2,3)4/h5-10H,1-4H3,(H,22,24). The van der Waals surface area contributed by atoms with E-state index in [2.05, 4.69) is 5.32 Å². The van der Waals surface area contributed by atoms with Crippen molar-refractivity contribution in [2.75, 3.05) is 5.32 Å². The van der Waals surface area contributed by atoms with Gasteiger partial charge in [0.2, 0.25) is 0 Å². The SMILES string of the molecule is Cc1cc(NC(=O)c2cc(Cl)c(OC(C)(C)C)c(Cl)c2)ccc1C=O. The summed E-state index contributed by atoms with van der Waals surface area (Å²) in [4.78, 5) is 23.3. The highest BCUT2D eigenvalue weighted by Gasteiger charge is 2.19. The molecule has 0 fully saturated rings. The van der Waals surface area contributed by atoms with Gasteiger partial charge < -0.3 is 10.1 Å². The lowest BCUT2D eigenvalue weighted by molar-refractivity contribution is 0.102. The summed E-state index contributed by atoms with van der Waals surface area (Å²) in [5, 5.41) is 3.29. The van der Waals surface area contributed by atoms with Crippen molar-refractivity contribution < 1.29 is 14.3 Å². The molecule has 1 amide bonds. The number of amides is 1. The number of ether oxygens (including phenoxy) is 1. The predicted molar refractivity (Wildman–Crippen MR) is 101 cm³/mol. The molecule has 2 rings (SSSR count). The number of carbonyl (C=O) groups excluding carboxylic acids is 2. The van der Waals surface area contributed by atoms with Crippen molar-refractivity contribution in [2.24, 2.45) is 0 Å². The predicted octanol–water partition coefficient (Wildman–Crippen LogP) is 5.54. The third-order valence-corrected chi connectivity index (χ3v) is 3.88. The second kappa shape index (κ2) is 7.46. The quantitative estimate of drug-likeness (QED) is 0.708. The zero-order valence-electron chi connectivity index (χ0n) is 14.4. The van der Waals surface area contributed by atoms with Crippen LogP contribution >= 0.6 is 23.2 Å². The van der Waals surface area contributed by atoms with E-state index in [-0.39, 0.29) is 16.0 Å². The van der Waals surface area contributed by atoms with Gasteiger partial charge in [-0.15, -0.1) is 0 Å². The number of nitrogens with one attached hydrogen (secondary N) is 1. The monoisotopic (exact) mass is 379 g/mol. The first-order chi connectivity index (χ1) is 11.6. The molecule has 0 unspecified atom stereocenters. The first-order valence-electron chi connectivity index (χ1n) is 7.66. The zero-order valence-corrected chi connectivity index (χ0v) is 16.0. The molecule has 0 aromatic heterocycles. The third kappa shape index (κ3) is 4.97. The van der Waals surface area contributed by atoms with Crippen LogP contribution < -0.4 is 10.1 Å². The Morgan fingerprint density at radius 1 is 1.12 bits per heavy atom. The number of halogens is 2. The molecule has 0 atom stereocenters.